The van der Waals surface area contributed by atoms with Gasteiger partial charge in [-0.15, -0.1) is 11.3 Å². The predicted octanol–water partition coefficient (Wildman–Crippen LogP) is 4.68. The Bertz CT molecular complexity index is 413. The second kappa shape index (κ2) is 8.28. The molecule has 120 valence electrons. The summed E-state index contributed by atoms with van der Waals surface area (Å²) in [6.45, 7) is 11.5. The van der Waals surface area contributed by atoms with Crippen molar-refractivity contribution in [1.29, 1.82) is 0 Å². The van der Waals surface area contributed by atoms with Gasteiger partial charge in [0.05, 0.1) is 5.01 Å². The van der Waals surface area contributed by atoms with Crippen molar-refractivity contribution in [3.8, 4) is 0 Å². The van der Waals surface area contributed by atoms with E-state index in [1.807, 2.05) is 11.3 Å². The minimum Gasteiger partial charge on any atom is -0.316 e. The maximum atomic E-state index is 4.70. The molecule has 3 unspecified atom stereocenters. The van der Waals surface area contributed by atoms with E-state index >= 15 is 0 Å². The number of thiazole rings is 1. The molecule has 0 aliphatic heterocycles. The first kappa shape index (κ1) is 17.0. The maximum Gasteiger partial charge on any atom is 0.0930 e. The van der Waals surface area contributed by atoms with Crippen molar-refractivity contribution in [3.05, 3.63) is 16.1 Å². The van der Waals surface area contributed by atoms with E-state index in [9.17, 15) is 0 Å². The van der Waals surface area contributed by atoms with Crippen LogP contribution >= 0.6 is 11.3 Å². The number of nitrogens with zero attached hydrogens (tertiary/aromatic N) is 1. The summed E-state index contributed by atoms with van der Waals surface area (Å²) in [5, 5.41) is 7.20. The number of aryl methyl sites for hydroxylation is 1. The van der Waals surface area contributed by atoms with Crippen molar-refractivity contribution in [2.45, 2.75) is 59.8 Å². The van der Waals surface area contributed by atoms with E-state index in [1.54, 1.807) is 0 Å². The van der Waals surface area contributed by atoms with Crippen molar-refractivity contribution >= 4 is 11.3 Å². The third-order valence-electron chi connectivity index (χ3n) is 5.06. The lowest BCUT2D eigenvalue weighted by Crippen LogP contribution is -2.35. The lowest BCUT2D eigenvalue weighted by molar-refractivity contribution is 0.144. The van der Waals surface area contributed by atoms with Crippen LogP contribution in [0.3, 0.4) is 0 Å². The average Bonchev–Trinajstić information content (AvgIpc) is 2.85. The molecule has 0 spiro atoms. The van der Waals surface area contributed by atoms with Crippen LogP contribution in [0.15, 0.2) is 5.38 Å². The summed E-state index contributed by atoms with van der Waals surface area (Å²) in [6.07, 6.45) is 6.64. The molecule has 0 amide bonds. The first-order valence-corrected chi connectivity index (χ1v) is 9.59. The molecule has 1 aromatic rings. The third kappa shape index (κ3) is 5.07. The highest BCUT2D eigenvalue weighted by Gasteiger charge is 2.32. The smallest absolute Gasteiger partial charge is 0.0930 e. The van der Waals surface area contributed by atoms with Gasteiger partial charge in [0.1, 0.15) is 0 Å². The zero-order chi connectivity index (χ0) is 15.2. The Hall–Kier alpha value is -0.410. The van der Waals surface area contributed by atoms with Crippen molar-refractivity contribution in [1.82, 2.24) is 10.3 Å². The van der Waals surface area contributed by atoms with Crippen molar-refractivity contribution in [3.63, 3.8) is 0 Å². The number of hydrogen-bond acceptors (Lipinski definition) is 3. The molecule has 1 N–H and O–H groups in total. The first-order chi connectivity index (χ1) is 10.1. The van der Waals surface area contributed by atoms with Gasteiger partial charge in [0, 0.05) is 17.5 Å². The summed E-state index contributed by atoms with van der Waals surface area (Å²) >= 11 is 1.85. The molecule has 1 saturated carbocycles. The number of aromatic nitrogens is 1. The average molecular weight is 309 g/mol. The predicted molar refractivity (Wildman–Crippen MR) is 92.9 cm³/mol. The summed E-state index contributed by atoms with van der Waals surface area (Å²) in [4.78, 5) is 4.70. The van der Waals surface area contributed by atoms with E-state index in [1.165, 1.54) is 49.4 Å². The first-order valence-electron chi connectivity index (χ1n) is 8.71. The number of rotatable bonds is 7. The topological polar surface area (TPSA) is 24.9 Å². The Balaban J connectivity index is 1.97. The molecule has 1 aliphatic rings. The molecule has 1 aromatic heterocycles. The normalized spacial score (nSPS) is 26.4. The Morgan fingerprint density at radius 2 is 2.14 bits per heavy atom. The summed E-state index contributed by atoms with van der Waals surface area (Å²) < 4.78 is 0. The van der Waals surface area contributed by atoms with Gasteiger partial charge in [0.15, 0.2) is 0 Å². The SMILES string of the molecule is CCCNCC1CCC(C(C)C)CC1Cc1nc(C)cs1. The highest BCUT2D eigenvalue weighted by Crippen LogP contribution is 2.39. The van der Waals surface area contributed by atoms with Gasteiger partial charge in [0.2, 0.25) is 0 Å². The number of hydrogen-bond donors (Lipinski definition) is 1. The summed E-state index contributed by atoms with van der Waals surface area (Å²) in [5.41, 5.74) is 1.19. The molecule has 0 bridgehead atoms. The molecule has 3 atom stereocenters. The largest absolute Gasteiger partial charge is 0.316 e. The fraction of sp³-hybridized carbons (Fsp3) is 0.833. The van der Waals surface area contributed by atoms with Gasteiger partial charge < -0.3 is 5.32 Å². The summed E-state index contributed by atoms with van der Waals surface area (Å²) in [6, 6.07) is 0. The standard InChI is InChI=1S/C18H32N2S/c1-5-8-19-11-16-7-6-15(13(2)3)9-17(16)10-18-20-14(4)12-21-18/h12-13,15-17,19H,5-11H2,1-4H3. The molecule has 2 rings (SSSR count). The van der Waals surface area contributed by atoms with E-state index in [0.29, 0.717) is 0 Å². The van der Waals surface area contributed by atoms with Crippen LogP contribution in [0.5, 0.6) is 0 Å². The Morgan fingerprint density at radius 1 is 1.33 bits per heavy atom. The zero-order valence-electron chi connectivity index (χ0n) is 14.2. The Labute approximate surface area is 134 Å². The molecule has 1 fully saturated rings. The van der Waals surface area contributed by atoms with Gasteiger partial charge in [-0.05, 0) is 69.4 Å². The minimum atomic E-state index is 0.820. The molecular formula is C18H32N2S. The van der Waals surface area contributed by atoms with E-state index in [-0.39, 0.29) is 0 Å². The van der Waals surface area contributed by atoms with Gasteiger partial charge >= 0.3 is 0 Å². The molecule has 0 radical (unpaired) electrons. The van der Waals surface area contributed by atoms with Crippen LogP contribution in [-0.4, -0.2) is 18.1 Å². The van der Waals surface area contributed by atoms with E-state index in [4.69, 9.17) is 4.98 Å². The van der Waals surface area contributed by atoms with Crippen LogP contribution in [0.25, 0.3) is 0 Å². The van der Waals surface area contributed by atoms with Crippen LogP contribution in [0.1, 0.15) is 57.2 Å². The van der Waals surface area contributed by atoms with Crippen molar-refractivity contribution in [2.75, 3.05) is 13.1 Å². The fourth-order valence-corrected chi connectivity index (χ4v) is 4.54. The lowest BCUT2D eigenvalue weighted by Gasteiger charge is -2.38. The molecule has 1 heterocycles. The van der Waals surface area contributed by atoms with Crippen molar-refractivity contribution < 1.29 is 0 Å². The van der Waals surface area contributed by atoms with E-state index in [0.717, 1.165) is 30.2 Å². The quantitative estimate of drug-likeness (QED) is 0.740. The minimum absolute atomic E-state index is 0.820. The highest BCUT2D eigenvalue weighted by molar-refractivity contribution is 7.09. The van der Waals surface area contributed by atoms with Gasteiger partial charge in [0.25, 0.3) is 0 Å². The van der Waals surface area contributed by atoms with Gasteiger partial charge in [-0.1, -0.05) is 20.8 Å². The molecule has 0 aromatic carbocycles. The Morgan fingerprint density at radius 3 is 2.76 bits per heavy atom. The van der Waals surface area contributed by atoms with Crippen LogP contribution in [0, 0.1) is 30.6 Å². The molecule has 2 nitrogen and oxygen atoms in total. The third-order valence-corrected chi connectivity index (χ3v) is 6.05. The molecule has 1 aliphatic carbocycles. The second-order valence-corrected chi connectivity index (χ2v) is 8.07. The van der Waals surface area contributed by atoms with Gasteiger partial charge in [-0.3, -0.25) is 0 Å². The highest BCUT2D eigenvalue weighted by atomic mass is 32.1. The maximum absolute atomic E-state index is 4.70. The molecular weight excluding hydrogens is 276 g/mol. The number of nitrogens with one attached hydrogen (secondary N) is 1. The lowest BCUT2D eigenvalue weighted by atomic mass is 9.69. The zero-order valence-corrected chi connectivity index (χ0v) is 15.0. The van der Waals surface area contributed by atoms with Crippen LogP contribution in [-0.2, 0) is 6.42 Å². The van der Waals surface area contributed by atoms with Gasteiger partial charge in [-0.25, -0.2) is 4.98 Å². The van der Waals surface area contributed by atoms with Crippen molar-refractivity contribution in [2.24, 2.45) is 23.7 Å². The molecule has 21 heavy (non-hydrogen) atoms. The Kier molecular flexibility index (Phi) is 6.69. The fourth-order valence-electron chi connectivity index (χ4n) is 3.67. The van der Waals surface area contributed by atoms with Crippen LogP contribution < -0.4 is 5.32 Å². The summed E-state index contributed by atoms with van der Waals surface area (Å²) in [7, 11) is 0. The van der Waals surface area contributed by atoms with Crippen LogP contribution in [0.2, 0.25) is 0 Å². The van der Waals surface area contributed by atoms with E-state index in [2.05, 4.69) is 38.4 Å². The van der Waals surface area contributed by atoms with E-state index < -0.39 is 0 Å². The second-order valence-electron chi connectivity index (χ2n) is 7.13. The summed E-state index contributed by atoms with van der Waals surface area (Å²) in [5.74, 6) is 3.41. The van der Waals surface area contributed by atoms with Crippen LogP contribution in [0.4, 0.5) is 0 Å². The molecule has 3 heteroatoms. The monoisotopic (exact) mass is 308 g/mol. The molecule has 0 saturated heterocycles. The van der Waals surface area contributed by atoms with Gasteiger partial charge in [-0.2, -0.15) is 0 Å².